The van der Waals surface area contributed by atoms with Gasteiger partial charge in [-0.05, 0) is 36.1 Å². The van der Waals surface area contributed by atoms with Gasteiger partial charge >= 0.3 is 0 Å². The maximum Gasteiger partial charge on any atom is 0.276 e. The first-order valence-electron chi connectivity index (χ1n) is 7.22. The van der Waals surface area contributed by atoms with Gasteiger partial charge in [0.1, 0.15) is 5.69 Å². The number of rotatable bonds is 2. The van der Waals surface area contributed by atoms with E-state index < -0.39 is 0 Å². The Hall–Kier alpha value is -2.36. The highest BCUT2D eigenvalue weighted by Gasteiger charge is 2.27. The zero-order chi connectivity index (χ0) is 14.8. The molecule has 1 aliphatic heterocycles. The molecule has 2 heterocycles. The van der Waals surface area contributed by atoms with E-state index in [0.29, 0.717) is 11.6 Å². The number of amides is 1. The van der Waals surface area contributed by atoms with Gasteiger partial charge in [0.25, 0.3) is 5.91 Å². The average molecular weight is 281 g/mol. The van der Waals surface area contributed by atoms with Crippen molar-refractivity contribution in [2.45, 2.75) is 13.3 Å². The number of para-hydroxylation sites is 1. The van der Waals surface area contributed by atoms with Crippen LogP contribution in [0.3, 0.4) is 0 Å². The van der Waals surface area contributed by atoms with Crippen molar-refractivity contribution in [2.24, 2.45) is 5.92 Å². The predicted octanol–water partition coefficient (Wildman–Crippen LogP) is 2.96. The molecule has 1 unspecified atom stereocenters. The summed E-state index contributed by atoms with van der Waals surface area (Å²) in [6.45, 7) is 2.91. The van der Waals surface area contributed by atoms with Gasteiger partial charge < -0.3 is 10.2 Å². The Balaban J connectivity index is 1.97. The maximum atomic E-state index is 12.8. The topological polar surface area (TPSA) is 45.2 Å². The Morgan fingerprint density at radius 3 is 2.95 bits per heavy atom. The normalized spacial score (nSPS) is 17.2. The number of hydrogen-bond donors (Lipinski definition) is 1. The van der Waals surface area contributed by atoms with Crippen molar-refractivity contribution in [1.82, 2.24) is 4.98 Å². The Labute approximate surface area is 124 Å². The summed E-state index contributed by atoms with van der Waals surface area (Å²) in [6.07, 6.45) is 2.68. The van der Waals surface area contributed by atoms with E-state index in [1.807, 2.05) is 36.2 Å². The molecule has 0 fully saturated rings. The van der Waals surface area contributed by atoms with Crippen LogP contribution in [0.5, 0.6) is 0 Å². The van der Waals surface area contributed by atoms with E-state index >= 15 is 0 Å². The van der Waals surface area contributed by atoms with E-state index in [0.717, 1.165) is 24.3 Å². The van der Waals surface area contributed by atoms with Crippen molar-refractivity contribution in [3.05, 3.63) is 53.9 Å². The summed E-state index contributed by atoms with van der Waals surface area (Å²) in [6, 6.07) is 11.8. The fraction of sp³-hybridized carbons (Fsp3) is 0.294. The monoisotopic (exact) mass is 281 g/mol. The molecule has 108 valence electrons. The molecule has 1 N–H and O–H groups in total. The molecule has 1 aromatic carbocycles. The largest absolute Gasteiger partial charge is 0.388 e. The van der Waals surface area contributed by atoms with Gasteiger partial charge in [0.2, 0.25) is 0 Å². The molecule has 0 saturated carbocycles. The number of hydrogen-bond acceptors (Lipinski definition) is 3. The van der Waals surface area contributed by atoms with E-state index in [1.165, 1.54) is 5.56 Å². The van der Waals surface area contributed by atoms with Crippen molar-refractivity contribution in [1.29, 1.82) is 0 Å². The van der Waals surface area contributed by atoms with Gasteiger partial charge in [0.15, 0.2) is 0 Å². The second-order valence-electron chi connectivity index (χ2n) is 5.53. The van der Waals surface area contributed by atoms with E-state index in [4.69, 9.17) is 0 Å². The first-order chi connectivity index (χ1) is 10.2. The molecule has 1 aromatic heterocycles. The molecule has 0 bridgehead atoms. The number of nitrogens with zero attached hydrogens (tertiary/aromatic N) is 2. The molecule has 2 aromatic rings. The van der Waals surface area contributed by atoms with Gasteiger partial charge in [0.05, 0.1) is 0 Å². The van der Waals surface area contributed by atoms with Gasteiger partial charge in [-0.2, -0.15) is 0 Å². The number of carbonyl (C=O) groups is 1. The second kappa shape index (κ2) is 5.56. The molecule has 3 rings (SSSR count). The Bertz CT molecular complexity index is 669. The van der Waals surface area contributed by atoms with Crippen molar-refractivity contribution < 1.29 is 4.79 Å². The maximum absolute atomic E-state index is 12.8. The molecule has 0 aliphatic carbocycles. The van der Waals surface area contributed by atoms with E-state index in [-0.39, 0.29) is 5.91 Å². The van der Waals surface area contributed by atoms with Crippen LogP contribution in [-0.2, 0) is 6.42 Å². The first kappa shape index (κ1) is 13.6. The van der Waals surface area contributed by atoms with Crippen LogP contribution in [0, 0.1) is 5.92 Å². The third kappa shape index (κ3) is 2.61. The lowest BCUT2D eigenvalue weighted by Crippen LogP contribution is -2.39. The Kier molecular flexibility index (Phi) is 3.60. The van der Waals surface area contributed by atoms with Crippen LogP contribution < -0.4 is 10.2 Å². The number of fused-ring (bicyclic) bond motifs is 1. The highest BCUT2D eigenvalue weighted by Crippen LogP contribution is 2.30. The van der Waals surface area contributed by atoms with Gasteiger partial charge in [-0.15, -0.1) is 0 Å². The van der Waals surface area contributed by atoms with Crippen molar-refractivity contribution in [3.63, 3.8) is 0 Å². The van der Waals surface area contributed by atoms with Crippen LogP contribution in [0.2, 0.25) is 0 Å². The van der Waals surface area contributed by atoms with Gasteiger partial charge in [0, 0.05) is 31.2 Å². The molecule has 1 amide bonds. The minimum Gasteiger partial charge on any atom is -0.388 e. The Morgan fingerprint density at radius 1 is 1.33 bits per heavy atom. The van der Waals surface area contributed by atoms with Crippen molar-refractivity contribution >= 4 is 17.3 Å². The average Bonchev–Trinajstić information content (AvgIpc) is 2.53. The molecule has 1 atom stereocenters. The van der Waals surface area contributed by atoms with E-state index in [9.17, 15) is 4.79 Å². The lowest BCUT2D eigenvalue weighted by molar-refractivity contribution is 0.0976. The molecule has 0 saturated heterocycles. The summed E-state index contributed by atoms with van der Waals surface area (Å²) in [5.41, 5.74) is 3.61. The highest BCUT2D eigenvalue weighted by molar-refractivity contribution is 6.05. The molecule has 4 heteroatoms. The zero-order valence-electron chi connectivity index (χ0n) is 12.3. The standard InChI is InChI=1S/C17H19N3O/c1-12-9-13-5-3-4-6-16(13)20(11-12)17(21)15-10-14(18-2)7-8-19-15/h3-8,10,12H,9,11H2,1-2H3,(H,18,19). The van der Waals surface area contributed by atoms with Crippen LogP contribution in [0.15, 0.2) is 42.6 Å². The van der Waals surface area contributed by atoms with Gasteiger partial charge in [-0.1, -0.05) is 25.1 Å². The van der Waals surface area contributed by atoms with Crippen molar-refractivity contribution in [2.75, 3.05) is 23.8 Å². The minimum atomic E-state index is -0.0360. The summed E-state index contributed by atoms with van der Waals surface area (Å²) >= 11 is 0. The van der Waals surface area contributed by atoms with Crippen LogP contribution in [0.25, 0.3) is 0 Å². The van der Waals surface area contributed by atoms with E-state index in [1.54, 1.807) is 12.3 Å². The van der Waals surface area contributed by atoms with Gasteiger partial charge in [-0.25, -0.2) is 0 Å². The number of carbonyl (C=O) groups excluding carboxylic acids is 1. The summed E-state index contributed by atoms with van der Waals surface area (Å²) in [5, 5.41) is 3.04. The number of anilines is 2. The van der Waals surface area contributed by atoms with Crippen LogP contribution >= 0.6 is 0 Å². The smallest absolute Gasteiger partial charge is 0.276 e. The van der Waals surface area contributed by atoms with E-state index in [2.05, 4.69) is 23.3 Å². The Morgan fingerprint density at radius 2 is 2.14 bits per heavy atom. The minimum absolute atomic E-state index is 0.0360. The third-order valence-electron chi connectivity index (χ3n) is 3.86. The fourth-order valence-corrected chi connectivity index (χ4v) is 2.83. The number of benzene rings is 1. The molecular formula is C17H19N3O. The van der Waals surface area contributed by atoms with Crippen molar-refractivity contribution in [3.8, 4) is 0 Å². The summed E-state index contributed by atoms with van der Waals surface area (Å²) in [5.74, 6) is 0.419. The number of pyridine rings is 1. The molecule has 21 heavy (non-hydrogen) atoms. The lowest BCUT2D eigenvalue weighted by Gasteiger charge is -2.33. The molecule has 1 aliphatic rings. The molecule has 0 spiro atoms. The molecular weight excluding hydrogens is 262 g/mol. The number of aromatic nitrogens is 1. The van der Waals surface area contributed by atoms with Gasteiger partial charge in [-0.3, -0.25) is 9.78 Å². The summed E-state index contributed by atoms with van der Waals surface area (Å²) < 4.78 is 0. The lowest BCUT2D eigenvalue weighted by atomic mass is 9.93. The third-order valence-corrected chi connectivity index (χ3v) is 3.86. The fourth-order valence-electron chi connectivity index (χ4n) is 2.83. The molecule has 0 radical (unpaired) electrons. The zero-order valence-corrected chi connectivity index (χ0v) is 12.3. The first-order valence-corrected chi connectivity index (χ1v) is 7.22. The number of nitrogens with one attached hydrogen (secondary N) is 1. The van der Waals surface area contributed by atoms with Crippen LogP contribution in [0.1, 0.15) is 23.0 Å². The van der Waals surface area contributed by atoms with Crippen LogP contribution in [-0.4, -0.2) is 24.5 Å². The summed E-state index contributed by atoms with van der Waals surface area (Å²) in [7, 11) is 1.84. The molecule has 4 nitrogen and oxygen atoms in total. The van der Waals surface area contributed by atoms with Crippen LogP contribution in [0.4, 0.5) is 11.4 Å². The second-order valence-corrected chi connectivity index (χ2v) is 5.53. The SMILES string of the molecule is CNc1ccnc(C(=O)N2CC(C)Cc3ccccc32)c1. The summed E-state index contributed by atoms with van der Waals surface area (Å²) in [4.78, 5) is 18.9. The predicted molar refractivity (Wildman–Crippen MR) is 84.8 cm³/mol. The highest BCUT2D eigenvalue weighted by atomic mass is 16.2. The quantitative estimate of drug-likeness (QED) is 0.920.